The van der Waals surface area contributed by atoms with Crippen LogP contribution in [0.3, 0.4) is 0 Å². The van der Waals surface area contributed by atoms with Gasteiger partial charge < -0.3 is 5.11 Å². The van der Waals surface area contributed by atoms with Gasteiger partial charge in [-0.1, -0.05) is 84.9 Å². The molecule has 0 radical (unpaired) electrons. The van der Waals surface area contributed by atoms with Gasteiger partial charge in [-0.3, -0.25) is 4.79 Å². The summed E-state index contributed by atoms with van der Waals surface area (Å²) in [5.74, 6) is -0.275. The molecule has 0 heterocycles. The van der Waals surface area contributed by atoms with E-state index in [1.807, 2.05) is 78.9 Å². The van der Waals surface area contributed by atoms with E-state index in [2.05, 4.69) is 0 Å². The fourth-order valence-electron chi connectivity index (χ4n) is 3.22. The number of fused-ring (bicyclic) bond motifs is 2. The summed E-state index contributed by atoms with van der Waals surface area (Å²) >= 11 is 0. The van der Waals surface area contributed by atoms with Crippen LogP contribution in [0.4, 0.5) is 0 Å². The minimum absolute atomic E-state index is 0.275. The molecule has 2 nitrogen and oxygen atoms in total. The second-order valence-corrected chi connectivity index (χ2v) is 5.86. The van der Waals surface area contributed by atoms with Gasteiger partial charge in [-0.05, 0) is 27.1 Å². The summed E-state index contributed by atoms with van der Waals surface area (Å²) < 4.78 is 0. The van der Waals surface area contributed by atoms with Crippen molar-refractivity contribution >= 4 is 27.3 Å². The molecule has 0 aliphatic rings. The highest BCUT2D eigenvalue weighted by atomic mass is 16.3. The first-order valence-corrected chi connectivity index (χ1v) is 7.93. The molecule has 0 unspecified atom stereocenters. The summed E-state index contributed by atoms with van der Waals surface area (Å²) in [6, 6.07) is 26.8. The van der Waals surface area contributed by atoms with Gasteiger partial charge in [-0.15, -0.1) is 0 Å². The lowest BCUT2D eigenvalue weighted by molar-refractivity contribution is 0.0752. The van der Waals surface area contributed by atoms with Crippen molar-refractivity contribution in [1.82, 2.24) is 0 Å². The maximum Gasteiger partial charge on any atom is 0.196 e. The number of carbonyl (C=O) groups excluding carboxylic acids is 1. The number of Topliss-reactive ketones (excluding diaryl/α,β-unsaturated/α-hetero) is 1. The van der Waals surface area contributed by atoms with E-state index in [9.17, 15) is 9.90 Å². The van der Waals surface area contributed by atoms with Crippen LogP contribution in [0.2, 0.25) is 0 Å². The Kier molecular flexibility index (Phi) is 3.60. The van der Waals surface area contributed by atoms with E-state index < -0.39 is 6.10 Å². The SMILES string of the molecule is O=C(c1cccc2ccccc12)[C@@H](O)c1cccc2ccccc12. The fraction of sp³-hybridized carbons (Fsp3) is 0.0455. The number of rotatable bonds is 3. The third kappa shape index (κ3) is 2.38. The van der Waals surface area contributed by atoms with Crippen molar-refractivity contribution in [3.8, 4) is 0 Å². The van der Waals surface area contributed by atoms with E-state index in [4.69, 9.17) is 0 Å². The Morgan fingerprint density at radius 2 is 1.21 bits per heavy atom. The Labute approximate surface area is 140 Å². The Bertz CT molecular complexity index is 1040. The molecule has 0 bridgehead atoms. The van der Waals surface area contributed by atoms with Crippen LogP contribution in [0.1, 0.15) is 22.0 Å². The molecule has 0 amide bonds. The lowest BCUT2D eigenvalue weighted by Gasteiger charge is -2.14. The first-order valence-electron chi connectivity index (χ1n) is 7.93. The molecule has 4 rings (SSSR count). The van der Waals surface area contributed by atoms with Crippen LogP contribution in [0.15, 0.2) is 84.9 Å². The van der Waals surface area contributed by atoms with Gasteiger partial charge in [0.05, 0.1) is 0 Å². The molecular formula is C22H16O2. The average molecular weight is 312 g/mol. The normalized spacial score (nSPS) is 12.4. The second-order valence-electron chi connectivity index (χ2n) is 5.86. The van der Waals surface area contributed by atoms with E-state index >= 15 is 0 Å². The molecular weight excluding hydrogens is 296 g/mol. The van der Waals surface area contributed by atoms with Crippen molar-refractivity contribution in [2.75, 3.05) is 0 Å². The minimum Gasteiger partial charge on any atom is -0.380 e. The monoisotopic (exact) mass is 312 g/mol. The molecule has 0 saturated carbocycles. The Hall–Kier alpha value is -2.97. The number of hydrogen-bond acceptors (Lipinski definition) is 2. The van der Waals surface area contributed by atoms with Crippen LogP contribution in [0.5, 0.6) is 0 Å². The molecule has 4 aromatic rings. The van der Waals surface area contributed by atoms with Crippen molar-refractivity contribution < 1.29 is 9.90 Å². The molecule has 0 fully saturated rings. The van der Waals surface area contributed by atoms with E-state index in [0.29, 0.717) is 11.1 Å². The Balaban J connectivity index is 1.84. The average Bonchev–Trinajstić information content (AvgIpc) is 2.66. The molecule has 1 N–H and O–H groups in total. The third-order valence-electron chi connectivity index (χ3n) is 4.42. The smallest absolute Gasteiger partial charge is 0.196 e. The highest BCUT2D eigenvalue weighted by Gasteiger charge is 2.22. The molecule has 0 saturated heterocycles. The Morgan fingerprint density at radius 1 is 0.667 bits per heavy atom. The van der Waals surface area contributed by atoms with Gasteiger partial charge in [-0.25, -0.2) is 0 Å². The van der Waals surface area contributed by atoms with Crippen LogP contribution in [0, 0.1) is 0 Å². The van der Waals surface area contributed by atoms with E-state index in [1.165, 1.54) is 0 Å². The predicted octanol–water partition coefficient (Wildman–Crippen LogP) is 4.91. The van der Waals surface area contributed by atoms with Crippen LogP contribution in [-0.4, -0.2) is 10.9 Å². The minimum atomic E-state index is -1.18. The predicted molar refractivity (Wildman–Crippen MR) is 97.2 cm³/mol. The number of aliphatic hydroxyl groups excluding tert-OH is 1. The highest BCUT2D eigenvalue weighted by Crippen LogP contribution is 2.29. The maximum atomic E-state index is 13.0. The second kappa shape index (κ2) is 5.91. The zero-order valence-electron chi connectivity index (χ0n) is 13.0. The van der Waals surface area contributed by atoms with Gasteiger partial charge >= 0.3 is 0 Å². The number of ketones is 1. The number of benzene rings is 4. The van der Waals surface area contributed by atoms with Gasteiger partial charge in [0.15, 0.2) is 5.78 Å². The number of hydrogen-bond donors (Lipinski definition) is 1. The molecule has 0 aliphatic carbocycles. The first kappa shape index (κ1) is 14.6. The van der Waals surface area contributed by atoms with Gasteiger partial charge in [0.2, 0.25) is 0 Å². The summed E-state index contributed by atoms with van der Waals surface area (Å²) in [6.07, 6.45) is -1.18. The van der Waals surface area contributed by atoms with Crippen molar-refractivity contribution in [2.24, 2.45) is 0 Å². The summed E-state index contributed by atoms with van der Waals surface area (Å²) in [4.78, 5) is 13.0. The lowest BCUT2D eigenvalue weighted by atomic mass is 9.93. The number of aliphatic hydroxyl groups is 1. The molecule has 0 aromatic heterocycles. The summed E-state index contributed by atoms with van der Waals surface area (Å²) in [5.41, 5.74) is 1.19. The molecule has 24 heavy (non-hydrogen) atoms. The van der Waals surface area contributed by atoms with Crippen LogP contribution >= 0.6 is 0 Å². The van der Waals surface area contributed by atoms with Crippen LogP contribution < -0.4 is 0 Å². The molecule has 0 aliphatic heterocycles. The van der Waals surface area contributed by atoms with Gasteiger partial charge in [0.25, 0.3) is 0 Å². The van der Waals surface area contributed by atoms with Crippen molar-refractivity contribution in [2.45, 2.75) is 6.10 Å². The largest absolute Gasteiger partial charge is 0.380 e. The standard InChI is InChI=1S/C22H16O2/c23-21(19-13-5-9-15-7-1-3-11-17(15)19)22(24)20-14-6-10-16-8-2-4-12-18(16)20/h1-14,21,23H/t21-/m0/s1. The highest BCUT2D eigenvalue weighted by molar-refractivity contribution is 6.11. The van der Waals surface area contributed by atoms with Crippen molar-refractivity contribution in [3.05, 3.63) is 96.1 Å². The summed E-state index contributed by atoms with van der Waals surface area (Å²) in [7, 11) is 0. The quantitative estimate of drug-likeness (QED) is 0.546. The van der Waals surface area contributed by atoms with Gasteiger partial charge in [0.1, 0.15) is 6.10 Å². The molecule has 1 atom stereocenters. The number of carbonyl (C=O) groups is 1. The van der Waals surface area contributed by atoms with Crippen molar-refractivity contribution in [3.63, 3.8) is 0 Å². The Morgan fingerprint density at radius 3 is 1.96 bits per heavy atom. The zero-order chi connectivity index (χ0) is 16.5. The fourth-order valence-corrected chi connectivity index (χ4v) is 3.22. The van der Waals surface area contributed by atoms with Crippen LogP contribution in [0.25, 0.3) is 21.5 Å². The first-order chi connectivity index (χ1) is 11.8. The van der Waals surface area contributed by atoms with Crippen LogP contribution in [-0.2, 0) is 0 Å². The summed E-state index contributed by atoms with van der Waals surface area (Å²) in [6.45, 7) is 0. The van der Waals surface area contributed by atoms with Gasteiger partial charge in [-0.2, -0.15) is 0 Å². The molecule has 116 valence electrons. The topological polar surface area (TPSA) is 37.3 Å². The molecule has 0 spiro atoms. The van der Waals surface area contributed by atoms with Crippen molar-refractivity contribution in [1.29, 1.82) is 0 Å². The van der Waals surface area contributed by atoms with E-state index in [-0.39, 0.29) is 5.78 Å². The van der Waals surface area contributed by atoms with E-state index in [1.54, 1.807) is 6.07 Å². The molecule has 4 aromatic carbocycles. The van der Waals surface area contributed by atoms with Gasteiger partial charge in [0, 0.05) is 5.56 Å². The van der Waals surface area contributed by atoms with E-state index in [0.717, 1.165) is 21.5 Å². The molecule has 2 heteroatoms. The zero-order valence-corrected chi connectivity index (χ0v) is 13.0. The maximum absolute atomic E-state index is 13.0. The third-order valence-corrected chi connectivity index (χ3v) is 4.42. The summed E-state index contributed by atoms with van der Waals surface area (Å²) in [5, 5.41) is 14.5. The lowest BCUT2D eigenvalue weighted by Crippen LogP contribution is -2.13.